The molecule has 0 aromatic heterocycles. The van der Waals surface area contributed by atoms with Crippen molar-refractivity contribution >= 4 is 11.9 Å². The van der Waals surface area contributed by atoms with Gasteiger partial charge in [0, 0.05) is 6.54 Å². The minimum atomic E-state index is -0.383. The van der Waals surface area contributed by atoms with Gasteiger partial charge >= 0.3 is 5.97 Å². The third-order valence-electron chi connectivity index (χ3n) is 9.44. The highest BCUT2D eigenvalue weighted by molar-refractivity contribution is 5.89. The predicted molar refractivity (Wildman–Crippen MR) is 142 cm³/mol. The van der Waals surface area contributed by atoms with Crippen LogP contribution in [0.1, 0.15) is 66.1 Å². The first-order valence-electron chi connectivity index (χ1n) is 13.8. The van der Waals surface area contributed by atoms with Crippen LogP contribution in [-0.4, -0.2) is 51.3 Å². The standard InChI is InChI=1S/C31H37NO6/c1-35-27-13-23-8-9-32(30(34)31-15-19-10-20(16-31)12-21(11-19)17-31)26(25(23)14-28(27)36-2)18-38-24-6-4-22(5-7-24)29(33)37-3/h4-7,13-14,19-21,26H,8-12,15-18H2,1-3H3/t19?,20?,21?,26-,31?/m0/s1. The van der Waals surface area contributed by atoms with Crippen molar-refractivity contribution in [1.82, 2.24) is 4.90 Å². The second-order valence-corrected chi connectivity index (χ2v) is 11.7. The van der Waals surface area contributed by atoms with E-state index in [-0.39, 0.29) is 17.4 Å². The van der Waals surface area contributed by atoms with Crippen LogP contribution in [0.2, 0.25) is 0 Å². The molecule has 4 fully saturated rings. The molecule has 0 unspecified atom stereocenters. The summed E-state index contributed by atoms with van der Waals surface area (Å²) >= 11 is 0. The van der Waals surface area contributed by atoms with E-state index in [1.807, 2.05) is 12.1 Å². The molecule has 0 N–H and O–H groups in total. The second kappa shape index (κ2) is 9.83. The lowest BCUT2D eigenvalue weighted by atomic mass is 9.49. The average molecular weight is 520 g/mol. The van der Waals surface area contributed by atoms with Crippen LogP contribution in [0.15, 0.2) is 36.4 Å². The van der Waals surface area contributed by atoms with Crippen LogP contribution in [0.3, 0.4) is 0 Å². The zero-order valence-electron chi connectivity index (χ0n) is 22.5. The number of amides is 1. The van der Waals surface area contributed by atoms with Gasteiger partial charge in [-0.3, -0.25) is 4.79 Å². The zero-order valence-corrected chi connectivity index (χ0v) is 22.5. The summed E-state index contributed by atoms with van der Waals surface area (Å²) in [6.45, 7) is 0.983. The van der Waals surface area contributed by atoms with Gasteiger partial charge in [0.1, 0.15) is 12.4 Å². The molecule has 0 spiro atoms. The first kappa shape index (κ1) is 25.1. The molecule has 38 heavy (non-hydrogen) atoms. The largest absolute Gasteiger partial charge is 0.493 e. The molecule has 7 rings (SSSR count). The quantitative estimate of drug-likeness (QED) is 0.468. The SMILES string of the molecule is COC(=O)c1ccc(OC[C@H]2c3cc(OC)c(OC)cc3CCN2C(=O)C23CC4CC(CC(C4)C2)C3)cc1. The fourth-order valence-electron chi connectivity index (χ4n) is 8.11. The Bertz CT molecular complexity index is 1190. The van der Waals surface area contributed by atoms with Crippen molar-refractivity contribution < 1.29 is 28.5 Å². The average Bonchev–Trinajstić information content (AvgIpc) is 2.93. The highest BCUT2D eigenvalue weighted by Gasteiger charge is 2.56. The first-order chi connectivity index (χ1) is 18.4. The molecule has 1 aliphatic heterocycles. The van der Waals surface area contributed by atoms with E-state index in [0.717, 1.165) is 36.8 Å². The van der Waals surface area contributed by atoms with Gasteiger partial charge in [0.05, 0.1) is 38.3 Å². The number of carbonyl (C=O) groups is 2. The Morgan fingerprint density at radius 3 is 2.08 bits per heavy atom. The molecule has 1 amide bonds. The van der Waals surface area contributed by atoms with Crippen molar-refractivity contribution in [3.63, 3.8) is 0 Å². The summed E-state index contributed by atoms with van der Waals surface area (Å²) in [5.41, 5.74) is 2.46. The highest BCUT2D eigenvalue weighted by Crippen LogP contribution is 2.61. The molecule has 4 aliphatic carbocycles. The number of nitrogens with zero attached hydrogens (tertiary/aromatic N) is 1. The fourth-order valence-corrected chi connectivity index (χ4v) is 8.11. The molecule has 0 radical (unpaired) electrons. The Morgan fingerprint density at radius 2 is 1.50 bits per heavy atom. The maximum Gasteiger partial charge on any atom is 0.337 e. The Balaban J connectivity index is 1.31. The molecule has 7 nitrogen and oxygen atoms in total. The topological polar surface area (TPSA) is 74.3 Å². The summed E-state index contributed by atoms with van der Waals surface area (Å²) in [7, 11) is 4.65. The maximum absolute atomic E-state index is 14.5. The third kappa shape index (κ3) is 4.30. The van der Waals surface area contributed by atoms with Gasteiger partial charge in [-0.05, 0) is 110 Å². The number of rotatable bonds is 7. The summed E-state index contributed by atoms with van der Waals surface area (Å²) in [4.78, 5) is 28.4. The van der Waals surface area contributed by atoms with E-state index in [2.05, 4.69) is 4.90 Å². The third-order valence-corrected chi connectivity index (χ3v) is 9.44. The zero-order chi connectivity index (χ0) is 26.4. The Kier molecular flexibility index (Phi) is 6.48. The number of methoxy groups -OCH3 is 3. The van der Waals surface area contributed by atoms with Crippen molar-refractivity contribution in [2.24, 2.45) is 23.2 Å². The number of hydrogen-bond donors (Lipinski definition) is 0. The number of ether oxygens (including phenoxy) is 4. The lowest BCUT2D eigenvalue weighted by Crippen LogP contribution is -2.56. The summed E-state index contributed by atoms with van der Waals surface area (Å²) in [6, 6.07) is 10.8. The lowest BCUT2D eigenvalue weighted by molar-refractivity contribution is -0.161. The summed E-state index contributed by atoms with van der Waals surface area (Å²) in [5, 5.41) is 0. The van der Waals surface area contributed by atoms with E-state index in [4.69, 9.17) is 18.9 Å². The van der Waals surface area contributed by atoms with Gasteiger partial charge in [0.25, 0.3) is 0 Å². The monoisotopic (exact) mass is 519 g/mol. The Labute approximate surface area is 224 Å². The number of benzene rings is 2. The highest BCUT2D eigenvalue weighted by atomic mass is 16.5. The number of fused-ring (bicyclic) bond motifs is 1. The van der Waals surface area contributed by atoms with Crippen LogP contribution in [0.5, 0.6) is 17.2 Å². The van der Waals surface area contributed by atoms with Crippen LogP contribution in [0, 0.1) is 23.2 Å². The van der Waals surface area contributed by atoms with E-state index in [9.17, 15) is 9.59 Å². The first-order valence-corrected chi connectivity index (χ1v) is 13.8. The van der Waals surface area contributed by atoms with Gasteiger partial charge in [-0.1, -0.05) is 0 Å². The van der Waals surface area contributed by atoms with Gasteiger partial charge in [0.2, 0.25) is 5.91 Å². The Morgan fingerprint density at radius 1 is 0.895 bits per heavy atom. The summed E-state index contributed by atoms with van der Waals surface area (Å²) in [5.74, 6) is 4.04. The van der Waals surface area contributed by atoms with Crippen molar-refractivity contribution in [1.29, 1.82) is 0 Å². The normalized spacial score (nSPS) is 29.0. The lowest BCUT2D eigenvalue weighted by Gasteiger charge is -2.57. The molecule has 2 aromatic carbocycles. The van der Waals surface area contributed by atoms with Crippen molar-refractivity contribution in [2.45, 2.75) is 51.0 Å². The van der Waals surface area contributed by atoms with Crippen LogP contribution in [-0.2, 0) is 16.0 Å². The molecule has 1 heterocycles. The second-order valence-electron chi connectivity index (χ2n) is 11.7. The van der Waals surface area contributed by atoms with Crippen LogP contribution in [0.4, 0.5) is 0 Å². The van der Waals surface area contributed by atoms with Crippen molar-refractivity contribution in [3.8, 4) is 17.2 Å². The van der Waals surface area contributed by atoms with Crippen molar-refractivity contribution in [3.05, 3.63) is 53.1 Å². The molecular weight excluding hydrogens is 482 g/mol. The van der Waals surface area contributed by atoms with E-state index < -0.39 is 0 Å². The van der Waals surface area contributed by atoms with E-state index in [1.54, 1.807) is 38.5 Å². The molecule has 1 atom stereocenters. The number of carbonyl (C=O) groups excluding carboxylic acids is 2. The summed E-state index contributed by atoms with van der Waals surface area (Å²) < 4.78 is 22.3. The minimum Gasteiger partial charge on any atom is -0.493 e. The molecule has 4 bridgehead atoms. The van der Waals surface area contributed by atoms with Crippen molar-refractivity contribution in [2.75, 3.05) is 34.5 Å². The van der Waals surface area contributed by atoms with Crippen LogP contribution >= 0.6 is 0 Å². The maximum atomic E-state index is 14.5. The van der Waals surface area contributed by atoms with E-state index in [0.29, 0.717) is 59.6 Å². The molecule has 2 aromatic rings. The van der Waals surface area contributed by atoms with Gasteiger partial charge < -0.3 is 23.8 Å². The molecule has 4 saturated carbocycles. The predicted octanol–water partition coefficient (Wildman–Crippen LogP) is 5.21. The van der Waals surface area contributed by atoms with Gasteiger partial charge in [-0.2, -0.15) is 0 Å². The molecule has 202 valence electrons. The fraction of sp³-hybridized carbons (Fsp3) is 0.548. The summed E-state index contributed by atoms with van der Waals surface area (Å²) in [6.07, 6.45) is 7.81. The smallest absolute Gasteiger partial charge is 0.337 e. The van der Waals surface area contributed by atoms with E-state index in [1.165, 1.54) is 26.4 Å². The minimum absolute atomic E-state index is 0.219. The number of hydrogen-bond acceptors (Lipinski definition) is 6. The molecule has 7 heteroatoms. The van der Waals surface area contributed by atoms with Gasteiger partial charge in [0.15, 0.2) is 11.5 Å². The molecule has 5 aliphatic rings. The molecule has 0 saturated heterocycles. The van der Waals surface area contributed by atoms with Gasteiger partial charge in [-0.15, -0.1) is 0 Å². The van der Waals surface area contributed by atoms with Gasteiger partial charge in [-0.25, -0.2) is 4.79 Å². The van der Waals surface area contributed by atoms with Crippen LogP contribution in [0.25, 0.3) is 0 Å². The molecular formula is C31H37NO6. The number of esters is 1. The Hall–Kier alpha value is -3.22. The van der Waals surface area contributed by atoms with E-state index >= 15 is 0 Å². The van der Waals surface area contributed by atoms with Crippen LogP contribution < -0.4 is 14.2 Å².